The molecule has 16 heavy (non-hydrogen) atoms. The first kappa shape index (κ1) is 11.9. The molecule has 1 saturated carbocycles. The summed E-state index contributed by atoms with van der Waals surface area (Å²) in [5.74, 6) is 0. The van der Waals surface area contributed by atoms with Gasteiger partial charge in [-0.2, -0.15) is 0 Å². The number of hydrogen-bond donors (Lipinski definition) is 1. The molecule has 0 bridgehead atoms. The quantitative estimate of drug-likeness (QED) is 0.878. The fourth-order valence-electron chi connectivity index (χ4n) is 2.55. The number of nitrogen functional groups attached to an aromatic ring is 1. The minimum absolute atomic E-state index is 0.690. The van der Waals surface area contributed by atoms with Crippen molar-refractivity contribution >= 4 is 16.5 Å². The molecule has 2 N–H and O–H groups in total. The molecule has 0 aromatic carbocycles. The minimum atomic E-state index is 0.690. The summed E-state index contributed by atoms with van der Waals surface area (Å²) in [7, 11) is 0. The molecule has 1 heterocycles. The molecule has 0 amide bonds. The van der Waals surface area contributed by atoms with E-state index in [9.17, 15) is 0 Å². The molecule has 0 atom stereocenters. The molecule has 1 aromatic rings. The molecule has 0 spiro atoms. The second-order valence-corrected chi connectivity index (χ2v) is 5.42. The van der Waals surface area contributed by atoms with Crippen LogP contribution in [0.4, 0.5) is 5.13 Å². The van der Waals surface area contributed by atoms with Crippen LogP contribution < -0.4 is 5.73 Å². The summed E-state index contributed by atoms with van der Waals surface area (Å²) in [5.41, 5.74) is 6.80. The van der Waals surface area contributed by atoms with Crippen LogP contribution in [0.15, 0.2) is 5.38 Å². The zero-order valence-corrected chi connectivity index (χ0v) is 10.8. The van der Waals surface area contributed by atoms with E-state index in [4.69, 9.17) is 5.73 Å². The Morgan fingerprint density at radius 1 is 1.44 bits per heavy atom. The monoisotopic (exact) mass is 239 g/mol. The average molecular weight is 239 g/mol. The lowest BCUT2D eigenvalue weighted by molar-refractivity contribution is 0.154. The molecule has 0 radical (unpaired) electrons. The van der Waals surface area contributed by atoms with Gasteiger partial charge in [-0.25, -0.2) is 4.98 Å². The van der Waals surface area contributed by atoms with E-state index in [1.54, 1.807) is 11.3 Å². The summed E-state index contributed by atoms with van der Waals surface area (Å²) in [4.78, 5) is 6.90. The summed E-state index contributed by atoms with van der Waals surface area (Å²) < 4.78 is 0. The number of nitrogens with two attached hydrogens (primary N) is 1. The Bertz CT molecular complexity index is 318. The lowest BCUT2D eigenvalue weighted by atomic mass is 9.94. The number of thiazole rings is 1. The number of nitrogens with zero attached hydrogens (tertiary/aromatic N) is 2. The van der Waals surface area contributed by atoms with Crippen molar-refractivity contribution in [1.82, 2.24) is 9.88 Å². The van der Waals surface area contributed by atoms with Gasteiger partial charge in [-0.3, -0.25) is 4.90 Å². The molecular formula is C12H21N3S. The van der Waals surface area contributed by atoms with Crippen LogP contribution in [0.25, 0.3) is 0 Å². The topological polar surface area (TPSA) is 42.1 Å². The first-order valence-corrected chi connectivity index (χ1v) is 7.11. The summed E-state index contributed by atoms with van der Waals surface area (Å²) in [5, 5.41) is 2.77. The van der Waals surface area contributed by atoms with Crippen molar-refractivity contribution in [1.29, 1.82) is 0 Å². The molecule has 2 rings (SSSR count). The van der Waals surface area contributed by atoms with E-state index in [0.717, 1.165) is 24.8 Å². The molecule has 0 unspecified atom stereocenters. The third-order valence-electron chi connectivity index (χ3n) is 3.43. The number of rotatable bonds is 4. The van der Waals surface area contributed by atoms with Gasteiger partial charge < -0.3 is 5.73 Å². The summed E-state index contributed by atoms with van der Waals surface area (Å²) in [6, 6.07) is 0.765. The van der Waals surface area contributed by atoms with E-state index >= 15 is 0 Å². The molecule has 1 aliphatic carbocycles. The third-order valence-corrected chi connectivity index (χ3v) is 4.15. The SMILES string of the molecule is CCN(Cc1csc(N)n1)C1CCCCC1. The van der Waals surface area contributed by atoms with Crippen molar-refractivity contribution < 1.29 is 0 Å². The van der Waals surface area contributed by atoms with Crippen LogP contribution in [0.5, 0.6) is 0 Å². The number of aromatic nitrogens is 1. The van der Waals surface area contributed by atoms with Crippen molar-refractivity contribution in [3.63, 3.8) is 0 Å². The van der Waals surface area contributed by atoms with E-state index < -0.39 is 0 Å². The maximum absolute atomic E-state index is 5.66. The van der Waals surface area contributed by atoms with E-state index in [0.29, 0.717) is 5.13 Å². The van der Waals surface area contributed by atoms with E-state index in [-0.39, 0.29) is 0 Å². The Morgan fingerprint density at radius 3 is 2.75 bits per heavy atom. The maximum atomic E-state index is 5.66. The zero-order chi connectivity index (χ0) is 11.4. The van der Waals surface area contributed by atoms with Crippen LogP contribution in [0.1, 0.15) is 44.7 Å². The Morgan fingerprint density at radius 2 is 2.19 bits per heavy atom. The molecular weight excluding hydrogens is 218 g/mol. The largest absolute Gasteiger partial charge is 0.375 e. The molecule has 90 valence electrons. The molecule has 1 aliphatic rings. The van der Waals surface area contributed by atoms with E-state index in [1.165, 1.54) is 32.1 Å². The second-order valence-electron chi connectivity index (χ2n) is 4.53. The van der Waals surface area contributed by atoms with Crippen LogP contribution in [-0.2, 0) is 6.54 Å². The summed E-state index contributed by atoms with van der Waals surface area (Å²) in [6.45, 7) is 4.32. The third kappa shape index (κ3) is 2.95. The first-order valence-electron chi connectivity index (χ1n) is 6.23. The highest BCUT2D eigenvalue weighted by molar-refractivity contribution is 7.13. The Labute approximate surface area is 102 Å². The van der Waals surface area contributed by atoms with Gasteiger partial charge in [-0.15, -0.1) is 11.3 Å². The number of anilines is 1. The Balaban J connectivity index is 1.94. The molecule has 1 fully saturated rings. The molecule has 1 aromatic heterocycles. The number of hydrogen-bond acceptors (Lipinski definition) is 4. The van der Waals surface area contributed by atoms with Crippen LogP contribution in [-0.4, -0.2) is 22.5 Å². The standard InChI is InChI=1S/C12H21N3S/c1-2-15(11-6-4-3-5-7-11)8-10-9-16-12(13)14-10/h9,11H,2-8H2,1H3,(H2,13,14). The second kappa shape index (κ2) is 5.64. The zero-order valence-electron chi connectivity index (χ0n) is 9.98. The highest BCUT2D eigenvalue weighted by atomic mass is 32.1. The van der Waals surface area contributed by atoms with Gasteiger partial charge in [0.2, 0.25) is 0 Å². The summed E-state index contributed by atoms with van der Waals surface area (Å²) in [6.07, 6.45) is 6.90. The van der Waals surface area contributed by atoms with Crippen molar-refractivity contribution in [3.05, 3.63) is 11.1 Å². The van der Waals surface area contributed by atoms with Gasteiger partial charge >= 0.3 is 0 Å². The molecule has 0 aliphatic heterocycles. The van der Waals surface area contributed by atoms with Gasteiger partial charge in [0.1, 0.15) is 0 Å². The van der Waals surface area contributed by atoms with Crippen molar-refractivity contribution in [2.45, 2.75) is 51.6 Å². The van der Waals surface area contributed by atoms with Gasteiger partial charge in [0, 0.05) is 18.0 Å². The predicted molar refractivity (Wildman–Crippen MR) is 69.5 cm³/mol. The van der Waals surface area contributed by atoms with Gasteiger partial charge in [0.15, 0.2) is 5.13 Å². The lowest BCUT2D eigenvalue weighted by Gasteiger charge is -2.32. The fourth-order valence-corrected chi connectivity index (χ4v) is 3.10. The fraction of sp³-hybridized carbons (Fsp3) is 0.750. The van der Waals surface area contributed by atoms with Crippen LogP contribution >= 0.6 is 11.3 Å². The van der Waals surface area contributed by atoms with Gasteiger partial charge in [-0.1, -0.05) is 26.2 Å². The Kier molecular flexibility index (Phi) is 4.18. The smallest absolute Gasteiger partial charge is 0.180 e. The van der Waals surface area contributed by atoms with Gasteiger partial charge in [0.25, 0.3) is 0 Å². The van der Waals surface area contributed by atoms with Crippen molar-refractivity contribution in [2.75, 3.05) is 12.3 Å². The highest BCUT2D eigenvalue weighted by Gasteiger charge is 2.20. The average Bonchev–Trinajstić information content (AvgIpc) is 2.73. The van der Waals surface area contributed by atoms with Gasteiger partial charge in [0.05, 0.1) is 5.69 Å². The van der Waals surface area contributed by atoms with E-state index in [2.05, 4.69) is 22.2 Å². The van der Waals surface area contributed by atoms with Crippen molar-refractivity contribution in [3.8, 4) is 0 Å². The first-order chi connectivity index (χ1) is 7.79. The molecule has 4 heteroatoms. The summed E-state index contributed by atoms with van der Waals surface area (Å²) >= 11 is 1.54. The van der Waals surface area contributed by atoms with Crippen LogP contribution in [0, 0.1) is 0 Å². The van der Waals surface area contributed by atoms with Gasteiger partial charge in [-0.05, 0) is 19.4 Å². The van der Waals surface area contributed by atoms with E-state index in [1.807, 2.05) is 0 Å². The lowest BCUT2D eigenvalue weighted by Crippen LogP contribution is -2.36. The normalized spacial score (nSPS) is 18.1. The minimum Gasteiger partial charge on any atom is -0.375 e. The molecule has 3 nitrogen and oxygen atoms in total. The highest BCUT2D eigenvalue weighted by Crippen LogP contribution is 2.24. The van der Waals surface area contributed by atoms with Crippen molar-refractivity contribution in [2.24, 2.45) is 0 Å². The Hall–Kier alpha value is -0.610. The van der Waals surface area contributed by atoms with Crippen LogP contribution in [0.2, 0.25) is 0 Å². The molecule has 0 saturated heterocycles. The van der Waals surface area contributed by atoms with Crippen LogP contribution in [0.3, 0.4) is 0 Å². The predicted octanol–water partition coefficient (Wildman–Crippen LogP) is 2.88. The maximum Gasteiger partial charge on any atom is 0.180 e.